The Morgan fingerprint density at radius 3 is 2.35 bits per heavy atom. The highest BCUT2D eigenvalue weighted by Gasteiger charge is 2.34. The van der Waals surface area contributed by atoms with Crippen molar-refractivity contribution in [3.63, 3.8) is 0 Å². The molecule has 0 aromatic carbocycles. The van der Waals surface area contributed by atoms with Gasteiger partial charge in [0.2, 0.25) is 0 Å². The minimum absolute atomic E-state index is 0.532. The first-order valence-corrected chi connectivity index (χ1v) is 7.34. The van der Waals surface area contributed by atoms with Crippen molar-refractivity contribution in [1.82, 2.24) is 5.32 Å². The summed E-state index contributed by atoms with van der Waals surface area (Å²) in [6, 6.07) is 0.532. The maximum absolute atomic E-state index is 5.26. The van der Waals surface area contributed by atoms with E-state index in [4.69, 9.17) is 4.74 Å². The number of methoxy groups -OCH3 is 1. The van der Waals surface area contributed by atoms with Crippen molar-refractivity contribution >= 4 is 0 Å². The second kappa shape index (κ2) is 7.38. The third kappa shape index (κ3) is 4.97. The molecule has 102 valence electrons. The monoisotopic (exact) mass is 241 g/mol. The number of nitrogens with one attached hydrogen (secondary N) is 1. The Labute approximate surface area is 108 Å². The third-order valence-electron chi connectivity index (χ3n) is 4.13. The minimum atomic E-state index is 0.532. The van der Waals surface area contributed by atoms with Crippen molar-refractivity contribution in [3.8, 4) is 0 Å². The van der Waals surface area contributed by atoms with E-state index in [9.17, 15) is 0 Å². The summed E-state index contributed by atoms with van der Waals surface area (Å²) in [6.07, 6.45) is 8.23. The fourth-order valence-corrected chi connectivity index (χ4v) is 3.33. The van der Waals surface area contributed by atoms with Gasteiger partial charge >= 0.3 is 0 Å². The molecule has 1 saturated carbocycles. The van der Waals surface area contributed by atoms with Gasteiger partial charge in [-0.05, 0) is 37.0 Å². The second-order valence-corrected chi connectivity index (χ2v) is 6.25. The Hall–Kier alpha value is -0.0800. The molecule has 1 atom stereocenters. The standard InChI is InChI=1S/C15H31NO/c1-5-14(11-17-4)16-12-15(10-13(2)3)8-6-7-9-15/h13-14,16H,5-12H2,1-4H3. The second-order valence-electron chi connectivity index (χ2n) is 6.25. The van der Waals surface area contributed by atoms with Gasteiger partial charge < -0.3 is 10.1 Å². The summed E-state index contributed by atoms with van der Waals surface area (Å²) in [5, 5.41) is 3.73. The van der Waals surface area contributed by atoms with Gasteiger partial charge in [0.1, 0.15) is 0 Å². The molecule has 0 aromatic rings. The molecule has 17 heavy (non-hydrogen) atoms. The summed E-state index contributed by atoms with van der Waals surface area (Å²) in [4.78, 5) is 0. The fourth-order valence-electron chi connectivity index (χ4n) is 3.33. The average molecular weight is 241 g/mol. The predicted octanol–water partition coefficient (Wildman–Crippen LogP) is 3.61. The molecule has 1 unspecified atom stereocenters. The Morgan fingerprint density at radius 2 is 1.88 bits per heavy atom. The fraction of sp³-hybridized carbons (Fsp3) is 1.00. The Bertz CT molecular complexity index is 197. The summed E-state index contributed by atoms with van der Waals surface area (Å²) >= 11 is 0. The van der Waals surface area contributed by atoms with Crippen LogP contribution >= 0.6 is 0 Å². The van der Waals surface area contributed by atoms with Gasteiger partial charge in [0.15, 0.2) is 0 Å². The van der Waals surface area contributed by atoms with Gasteiger partial charge in [-0.15, -0.1) is 0 Å². The summed E-state index contributed by atoms with van der Waals surface area (Å²) in [7, 11) is 1.80. The van der Waals surface area contributed by atoms with Crippen LogP contribution in [-0.2, 0) is 4.74 Å². The highest BCUT2D eigenvalue weighted by molar-refractivity contribution is 4.88. The van der Waals surface area contributed by atoms with Crippen molar-refractivity contribution < 1.29 is 4.74 Å². The van der Waals surface area contributed by atoms with Crippen LogP contribution in [0.3, 0.4) is 0 Å². The van der Waals surface area contributed by atoms with Crippen molar-refractivity contribution in [3.05, 3.63) is 0 Å². The van der Waals surface area contributed by atoms with Crippen LogP contribution in [-0.4, -0.2) is 26.3 Å². The lowest BCUT2D eigenvalue weighted by atomic mass is 9.78. The van der Waals surface area contributed by atoms with Gasteiger partial charge in [-0.3, -0.25) is 0 Å². The number of hydrogen-bond donors (Lipinski definition) is 1. The lowest BCUT2D eigenvalue weighted by Crippen LogP contribution is -2.41. The SMILES string of the molecule is CCC(COC)NCC1(CC(C)C)CCCC1. The summed E-state index contributed by atoms with van der Waals surface area (Å²) in [5.41, 5.74) is 0.579. The molecular weight excluding hydrogens is 210 g/mol. The zero-order valence-electron chi connectivity index (χ0n) is 12.2. The first-order valence-electron chi connectivity index (χ1n) is 7.34. The molecular formula is C15H31NO. The summed E-state index contributed by atoms with van der Waals surface area (Å²) < 4.78 is 5.26. The molecule has 0 heterocycles. The molecule has 0 aliphatic heterocycles. The number of rotatable bonds is 8. The van der Waals surface area contributed by atoms with Crippen molar-refractivity contribution in [1.29, 1.82) is 0 Å². The van der Waals surface area contributed by atoms with Crippen LogP contribution in [0.1, 0.15) is 59.3 Å². The molecule has 0 radical (unpaired) electrons. The van der Waals surface area contributed by atoms with Gasteiger partial charge in [-0.1, -0.05) is 33.6 Å². The molecule has 2 heteroatoms. The molecule has 1 fully saturated rings. The molecule has 0 bridgehead atoms. The molecule has 0 saturated heterocycles. The van der Waals surface area contributed by atoms with Gasteiger partial charge in [0, 0.05) is 19.7 Å². The maximum Gasteiger partial charge on any atom is 0.0615 e. The molecule has 1 N–H and O–H groups in total. The lowest BCUT2D eigenvalue weighted by molar-refractivity contribution is 0.146. The Morgan fingerprint density at radius 1 is 1.24 bits per heavy atom. The van der Waals surface area contributed by atoms with E-state index in [2.05, 4.69) is 26.1 Å². The van der Waals surface area contributed by atoms with Gasteiger partial charge in [0.25, 0.3) is 0 Å². The molecule has 1 rings (SSSR count). The molecule has 0 amide bonds. The Balaban J connectivity index is 2.43. The molecule has 0 spiro atoms. The van der Waals surface area contributed by atoms with Crippen molar-refractivity contribution in [2.24, 2.45) is 11.3 Å². The highest BCUT2D eigenvalue weighted by Crippen LogP contribution is 2.42. The Kier molecular flexibility index (Phi) is 6.50. The highest BCUT2D eigenvalue weighted by atomic mass is 16.5. The lowest BCUT2D eigenvalue weighted by Gasteiger charge is -2.33. The molecule has 2 nitrogen and oxygen atoms in total. The van der Waals surface area contributed by atoms with Crippen LogP contribution in [0, 0.1) is 11.3 Å². The van der Waals surface area contributed by atoms with E-state index in [-0.39, 0.29) is 0 Å². The largest absolute Gasteiger partial charge is 0.383 e. The molecule has 0 aromatic heterocycles. The van der Waals surface area contributed by atoms with Gasteiger partial charge in [0.05, 0.1) is 6.61 Å². The molecule has 1 aliphatic rings. The first-order chi connectivity index (χ1) is 8.12. The van der Waals surface area contributed by atoms with Crippen LogP contribution < -0.4 is 5.32 Å². The van der Waals surface area contributed by atoms with Crippen LogP contribution in [0.2, 0.25) is 0 Å². The first kappa shape index (κ1) is 15.0. The predicted molar refractivity (Wildman–Crippen MR) is 74.3 cm³/mol. The van der Waals surface area contributed by atoms with E-state index in [1.807, 2.05) is 0 Å². The zero-order chi connectivity index (χ0) is 12.7. The summed E-state index contributed by atoms with van der Waals surface area (Å²) in [5.74, 6) is 0.817. The van der Waals surface area contributed by atoms with E-state index in [0.29, 0.717) is 11.5 Å². The van der Waals surface area contributed by atoms with Gasteiger partial charge in [-0.25, -0.2) is 0 Å². The van der Waals surface area contributed by atoms with E-state index >= 15 is 0 Å². The quantitative estimate of drug-likeness (QED) is 0.701. The van der Waals surface area contributed by atoms with E-state index in [1.165, 1.54) is 38.6 Å². The summed E-state index contributed by atoms with van der Waals surface area (Å²) in [6.45, 7) is 8.97. The third-order valence-corrected chi connectivity index (χ3v) is 4.13. The van der Waals surface area contributed by atoms with Gasteiger partial charge in [-0.2, -0.15) is 0 Å². The van der Waals surface area contributed by atoms with E-state index in [1.54, 1.807) is 7.11 Å². The van der Waals surface area contributed by atoms with Crippen LogP contribution in [0.15, 0.2) is 0 Å². The number of ether oxygens (including phenoxy) is 1. The van der Waals surface area contributed by atoms with Crippen molar-refractivity contribution in [2.75, 3.05) is 20.3 Å². The van der Waals surface area contributed by atoms with E-state index in [0.717, 1.165) is 18.9 Å². The molecule has 1 aliphatic carbocycles. The maximum atomic E-state index is 5.26. The van der Waals surface area contributed by atoms with Crippen molar-refractivity contribution in [2.45, 2.75) is 65.3 Å². The van der Waals surface area contributed by atoms with Crippen LogP contribution in [0.4, 0.5) is 0 Å². The topological polar surface area (TPSA) is 21.3 Å². The van der Waals surface area contributed by atoms with Crippen LogP contribution in [0.5, 0.6) is 0 Å². The number of hydrogen-bond acceptors (Lipinski definition) is 2. The van der Waals surface area contributed by atoms with E-state index < -0.39 is 0 Å². The van der Waals surface area contributed by atoms with Crippen LogP contribution in [0.25, 0.3) is 0 Å². The minimum Gasteiger partial charge on any atom is -0.383 e. The zero-order valence-corrected chi connectivity index (χ0v) is 12.2. The normalized spacial score (nSPS) is 21.0. The average Bonchev–Trinajstić information content (AvgIpc) is 2.72. The smallest absolute Gasteiger partial charge is 0.0615 e.